The summed E-state index contributed by atoms with van der Waals surface area (Å²) in [6.07, 6.45) is 0.510. The summed E-state index contributed by atoms with van der Waals surface area (Å²) in [6, 6.07) is 6.65. The fourth-order valence-corrected chi connectivity index (χ4v) is 3.93. The van der Waals surface area contributed by atoms with E-state index in [0.717, 1.165) is 18.7 Å². The molecule has 0 aliphatic carbocycles. The van der Waals surface area contributed by atoms with Crippen molar-refractivity contribution in [2.75, 3.05) is 25.1 Å². The zero-order chi connectivity index (χ0) is 13.1. The van der Waals surface area contributed by atoms with Crippen LogP contribution in [0.3, 0.4) is 0 Å². The fraction of sp³-hybridized carbons (Fsp3) is 0.600. The molecular formula is C15H23NOS. The van der Waals surface area contributed by atoms with Crippen molar-refractivity contribution in [3.8, 4) is 0 Å². The molecular weight excluding hydrogens is 242 g/mol. The van der Waals surface area contributed by atoms with Crippen LogP contribution in [0.4, 0.5) is 0 Å². The Morgan fingerprint density at radius 3 is 2.67 bits per heavy atom. The predicted octanol–water partition coefficient (Wildman–Crippen LogP) is 2.25. The molecule has 0 spiro atoms. The molecule has 18 heavy (non-hydrogen) atoms. The minimum absolute atomic E-state index is 0.261. The van der Waals surface area contributed by atoms with Gasteiger partial charge in [0.25, 0.3) is 0 Å². The molecule has 1 saturated heterocycles. The highest BCUT2D eigenvalue weighted by Crippen LogP contribution is 2.22. The number of aliphatic hydroxyl groups excluding tert-OH is 1. The van der Waals surface area contributed by atoms with Gasteiger partial charge in [-0.1, -0.05) is 18.2 Å². The summed E-state index contributed by atoms with van der Waals surface area (Å²) in [6.45, 7) is 5.35. The molecule has 3 heteroatoms. The third-order valence-electron chi connectivity index (χ3n) is 3.94. The van der Waals surface area contributed by atoms with Crippen LogP contribution in [-0.4, -0.2) is 47.3 Å². The van der Waals surface area contributed by atoms with Crippen molar-refractivity contribution in [3.05, 3.63) is 34.9 Å². The van der Waals surface area contributed by atoms with Gasteiger partial charge in [0.1, 0.15) is 0 Å². The van der Waals surface area contributed by atoms with E-state index in [1.807, 2.05) is 11.8 Å². The van der Waals surface area contributed by atoms with Crippen molar-refractivity contribution in [1.29, 1.82) is 0 Å². The third-order valence-corrected chi connectivity index (χ3v) is 4.99. The Hall–Kier alpha value is -0.510. The number of likely N-dealkylation sites (N-methyl/N-ethyl adjacent to an activating group) is 1. The van der Waals surface area contributed by atoms with E-state index >= 15 is 0 Å². The van der Waals surface area contributed by atoms with Crippen LogP contribution < -0.4 is 0 Å². The first-order chi connectivity index (χ1) is 8.59. The molecule has 0 amide bonds. The van der Waals surface area contributed by atoms with E-state index in [9.17, 15) is 5.11 Å². The molecule has 1 aromatic rings. The van der Waals surface area contributed by atoms with Gasteiger partial charge in [-0.3, -0.25) is 4.90 Å². The fourth-order valence-electron chi connectivity index (χ4n) is 2.63. The number of hydrogen-bond acceptors (Lipinski definition) is 3. The van der Waals surface area contributed by atoms with Crippen LogP contribution in [-0.2, 0) is 6.42 Å². The summed E-state index contributed by atoms with van der Waals surface area (Å²) in [5.41, 5.74) is 3.90. The summed E-state index contributed by atoms with van der Waals surface area (Å²) >= 11 is 1.95. The largest absolute Gasteiger partial charge is 0.391 e. The molecule has 0 saturated carbocycles. The second-order valence-electron chi connectivity index (χ2n) is 5.26. The lowest BCUT2D eigenvalue weighted by Crippen LogP contribution is -2.47. The Balaban J connectivity index is 2.08. The second kappa shape index (κ2) is 6.09. The first kappa shape index (κ1) is 13.9. The molecule has 1 fully saturated rings. The minimum atomic E-state index is -0.261. The number of thioether (sulfide) groups is 1. The standard InChI is InChI=1S/C15H23NOS/c1-11-5-4-6-12(2)13(11)9-15(17)14-10-18-8-7-16(14)3/h4-6,14-15,17H,7-10H2,1-3H3. The number of aryl methyl sites for hydroxylation is 2. The summed E-state index contributed by atoms with van der Waals surface area (Å²) < 4.78 is 0. The van der Waals surface area contributed by atoms with Gasteiger partial charge in [-0.25, -0.2) is 0 Å². The molecule has 1 heterocycles. The maximum absolute atomic E-state index is 10.5. The number of aliphatic hydroxyl groups is 1. The van der Waals surface area contributed by atoms with Crippen LogP contribution in [0.2, 0.25) is 0 Å². The number of nitrogens with zero attached hydrogens (tertiary/aromatic N) is 1. The third kappa shape index (κ3) is 3.08. The van der Waals surface area contributed by atoms with Crippen molar-refractivity contribution in [3.63, 3.8) is 0 Å². The average molecular weight is 265 g/mol. The van der Waals surface area contributed by atoms with Crippen molar-refractivity contribution in [2.24, 2.45) is 0 Å². The molecule has 0 aromatic heterocycles. The van der Waals surface area contributed by atoms with Crippen molar-refractivity contribution >= 4 is 11.8 Å². The molecule has 1 aliphatic heterocycles. The number of benzene rings is 1. The van der Waals surface area contributed by atoms with Gasteiger partial charge in [-0.2, -0.15) is 11.8 Å². The lowest BCUT2D eigenvalue weighted by atomic mass is 9.95. The summed E-state index contributed by atoms with van der Waals surface area (Å²) in [5, 5.41) is 10.5. The first-order valence-electron chi connectivity index (χ1n) is 6.60. The topological polar surface area (TPSA) is 23.5 Å². The van der Waals surface area contributed by atoms with Crippen LogP contribution in [0, 0.1) is 13.8 Å². The molecule has 1 aromatic carbocycles. The Bertz CT molecular complexity index is 387. The maximum atomic E-state index is 10.5. The average Bonchev–Trinajstić information content (AvgIpc) is 2.34. The highest BCUT2D eigenvalue weighted by molar-refractivity contribution is 7.99. The first-order valence-corrected chi connectivity index (χ1v) is 7.76. The van der Waals surface area contributed by atoms with Crippen LogP contribution in [0.1, 0.15) is 16.7 Å². The van der Waals surface area contributed by atoms with E-state index in [1.54, 1.807) is 0 Å². The molecule has 2 rings (SSSR count). The van der Waals surface area contributed by atoms with Gasteiger partial charge in [-0.05, 0) is 37.6 Å². The number of hydrogen-bond donors (Lipinski definition) is 1. The highest BCUT2D eigenvalue weighted by atomic mass is 32.2. The van der Waals surface area contributed by atoms with Crippen molar-refractivity contribution in [2.45, 2.75) is 32.4 Å². The van der Waals surface area contributed by atoms with Gasteiger partial charge < -0.3 is 5.11 Å². The summed E-state index contributed by atoms with van der Waals surface area (Å²) in [4.78, 5) is 2.30. The second-order valence-corrected chi connectivity index (χ2v) is 6.41. The normalized spacial score (nSPS) is 23.0. The highest BCUT2D eigenvalue weighted by Gasteiger charge is 2.27. The van der Waals surface area contributed by atoms with Gasteiger partial charge in [0.15, 0.2) is 0 Å². The molecule has 2 nitrogen and oxygen atoms in total. The van der Waals surface area contributed by atoms with Crippen LogP contribution >= 0.6 is 11.8 Å². The SMILES string of the molecule is Cc1cccc(C)c1CC(O)C1CSCCN1C. The summed E-state index contributed by atoms with van der Waals surface area (Å²) in [7, 11) is 2.12. The Kier molecular flexibility index (Phi) is 4.71. The summed E-state index contributed by atoms with van der Waals surface area (Å²) in [5.74, 6) is 2.23. The van der Waals surface area contributed by atoms with Crippen LogP contribution in [0.25, 0.3) is 0 Å². The van der Waals surface area contributed by atoms with E-state index in [4.69, 9.17) is 0 Å². The lowest BCUT2D eigenvalue weighted by Gasteiger charge is -2.35. The monoisotopic (exact) mass is 265 g/mol. The maximum Gasteiger partial charge on any atom is 0.0743 e. The minimum Gasteiger partial charge on any atom is -0.391 e. The molecule has 2 atom stereocenters. The van der Waals surface area contributed by atoms with Crippen LogP contribution in [0.15, 0.2) is 18.2 Å². The zero-order valence-corrected chi connectivity index (χ0v) is 12.3. The van der Waals surface area contributed by atoms with E-state index in [-0.39, 0.29) is 6.10 Å². The quantitative estimate of drug-likeness (QED) is 0.907. The molecule has 0 radical (unpaired) electrons. The van der Waals surface area contributed by atoms with Gasteiger partial charge in [0.2, 0.25) is 0 Å². The Morgan fingerprint density at radius 1 is 1.39 bits per heavy atom. The molecule has 100 valence electrons. The Morgan fingerprint density at radius 2 is 2.06 bits per heavy atom. The van der Waals surface area contributed by atoms with Crippen molar-refractivity contribution < 1.29 is 5.11 Å². The van der Waals surface area contributed by atoms with Gasteiger partial charge in [0, 0.05) is 30.5 Å². The Labute approximate surface area is 114 Å². The van der Waals surface area contributed by atoms with Crippen LogP contribution in [0.5, 0.6) is 0 Å². The van der Waals surface area contributed by atoms with Gasteiger partial charge >= 0.3 is 0 Å². The molecule has 1 N–H and O–H groups in total. The van der Waals surface area contributed by atoms with Crippen molar-refractivity contribution in [1.82, 2.24) is 4.90 Å². The number of rotatable bonds is 3. The molecule has 2 unspecified atom stereocenters. The smallest absolute Gasteiger partial charge is 0.0743 e. The zero-order valence-electron chi connectivity index (χ0n) is 11.5. The van der Waals surface area contributed by atoms with E-state index < -0.39 is 0 Å². The lowest BCUT2D eigenvalue weighted by molar-refractivity contribution is 0.0761. The van der Waals surface area contributed by atoms with E-state index in [0.29, 0.717) is 6.04 Å². The van der Waals surface area contributed by atoms with Gasteiger partial charge in [-0.15, -0.1) is 0 Å². The van der Waals surface area contributed by atoms with E-state index in [2.05, 4.69) is 44.0 Å². The predicted molar refractivity (Wildman–Crippen MR) is 79.4 cm³/mol. The molecule has 1 aliphatic rings. The van der Waals surface area contributed by atoms with E-state index in [1.165, 1.54) is 22.4 Å². The van der Waals surface area contributed by atoms with Gasteiger partial charge in [0.05, 0.1) is 6.10 Å². The molecule has 0 bridgehead atoms.